The van der Waals surface area contributed by atoms with E-state index >= 15 is 0 Å². The molecule has 0 atom stereocenters. The van der Waals surface area contributed by atoms with E-state index in [2.05, 4.69) is 52.9 Å². The van der Waals surface area contributed by atoms with E-state index in [1.54, 1.807) is 0 Å². The number of nitrogens with zero attached hydrogens (tertiary/aromatic N) is 2. The molecule has 1 aromatic heterocycles. The second-order valence-electron chi connectivity index (χ2n) is 7.44. The van der Waals surface area contributed by atoms with Crippen molar-refractivity contribution in [3.05, 3.63) is 18.7 Å². The zero-order chi connectivity index (χ0) is 21.1. The van der Waals surface area contributed by atoms with E-state index in [4.69, 9.17) is 0 Å². The molecule has 0 spiro atoms. The van der Waals surface area contributed by atoms with Crippen LogP contribution in [0, 0.1) is 0 Å². The number of hydrogen-bond acceptors (Lipinski definition) is 4. The van der Waals surface area contributed by atoms with Gasteiger partial charge in [0.1, 0.15) is 12.4 Å². The maximum atomic E-state index is 10.1. The molecule has 0 amide bonds. The van der Waals surface area contributed by atoms with Gasteiger partial charge in [0.25, 0.3) is 0 Å². The fraction of sp³-hybridized carbons (Fsp3) is 0.857. The van der Waals surface area contributed by atoms with Crippen molar-refractivity contribution in [3.8, 4) is 0 Å². The molecular formula is C21H42N2O4S. The fourth-order valence-corrected chi connectivity index (χ4v) is 3.25. The summed E-state index contributed by atoms with van der Waals surface area (Å²) < 4.78 is 38.8. The molecule has 166 valence electrons. The Labute approximate surface area is 173 Å². The highest BCUT2D eigenvalue weighted by atomic mass is 32.3. The number of aryl methyl sites for hydroxylation is 2. The van der Waals surface area contributed by atoms with Gasteiger partial charge in [0.2, 0.25) is 16.7 Å². The lowest BCUT2D eigenvalue weighted by molar-refractivity contribution is -0.671. The van der Waals surface area contributed by atoms with Crippen molar-refractivity contribution in [2.45, 2.75) is 104 Å². The molecule has 7 heteroatoms. The molecule has 0 aliphatic heterocycles. The highest BCUT2D eigenvalue weighted by Crippen LogP contribution is 2.10. The first-order chi connectivity index (χ1) is 13.4. The summed E-state index contributed by atoms with van der Waals surface area (Å²) in [5.74, 6) is 0. The van der Waals surface area contributed by atoms with E-state index in [0.29, 0.717) is 6.42 Å². The van der Waals surface area contributed by atoms with Gasteiger partial charge in [-0.3, -0.25) is 4.18 Å². The number of aromatic nitrogens is 2. The first-order valence-electron chi connectivity index (χ1n) is 11.0. The van der Waals surface area contributed by atoms with Gasteiger partial charge in [-0.15, -0.1) is 0 Å². The van der Waals surface area contributed by atoms with Crippen LogP contribution in [0.5, 0.6) is 0 Å². The lowest BCUT2D eigenvalue weighted by Crippen LogP contribution is -2.23. The SMILES string of the molecule is CCCCCCCCCCCCOS(=O)(=O)[O-].CCCCCn1cc[n+](C)c1. The van der Waals surface area contributed by atoms with Crippen LogP contribution in [0.25, 0.3) is 0 Å². The molecule has 0 N–H and O–H groups in total. The third-order valence-corrected chi connectivity index (χ3v) is 5.02. The highest BCUT2D eigenvalue weighted by molar-refractivity contribution is 7.80. The summed E-state index contributed by atoms with van der Waals surface area (Å²) in [7, 11) is -2.43. The number of hydrogen-bond donors (Lipinski definition) is 0. The van der Waals surface area contributed by atoms with Crippen LogP contribution >= 0.6 is 0 Å². The third kappa shape index (κ3) is 19.8. The Morgan fingerprint density at radius 3 is 1.82 bits per heavy atom. The molecule has 0 aliphatic carbocycles. The van der Waals surface area contributed by atoms with Crippen molar-refractivity contribution in [1.82, 2.24) is 4.57 Å². The summed E-state index contributed by atoms with van der Waals surface area (Å²) in [6, 6.07) is 0. The molecule has 0 unspecified atom stereocenters. The quantitative estimate of drug-likeness (QED) is 0.166. The molecule has 0 bridgehead atoms. The summed E-state index contributed by atoms with van der Waals surface area (Å²) in [5, 5.41) is 0. The summed E-state index contributed by atoms with van der Waals surface area (Å²) in [4.78, 5) is 0. The predicted molar refractivity (Wildman–Crippen MR) is 113 cm³/mol. The van der Waals surface area contributed by atoms with Gasteiger partial charge >= 0.3 is 0 Å². The minimum atomic E-state index is -4.48. The molecule has 28 heavy (non-hydrogen) atoms. The van der Waals surface area contributed by atoms with Crippen molar-refractivity contribution >= 4 is 10.4 Å². The van der Waals surface area contributed by atoms with E-state index < -0.39 is 10.4 Å². The molecule has 0 saturated heterocycles. The second-order valence-corrected chi connectivity index (χ2v) is 8.49. The number of rotatable bonds is 16. The second kappa shape index (κ2) is 18.1. The zero-order valence-electron chi connectivity index (χ0n) is 18.3. The topological polar surface area (TPSA) is 75.2 Å². The maximum absolute atomic E-state index is 10.1. The first kappa shape index (κ1) is 27.1. The van der Waals surface area contributed by atoms with E-state index in [1.807, 2.05) is 0 Å². The zero-order valence-corrected chi connectivity index (χ0v) is 19.1. The van der Waals surface area contributed by atoms with Crippen LogP contribution < -0.4 is 4.57 Å². The normalized spacial score (nSPS) is 11.3. The molecule has 0 radical (unpaired) electrons. The molecule has 6 nitrogen and oxygen atoms in total. The van der Waals surface area contributed by atoms with Gasteiger partial charge in [-0.2, -0.15) is 0 Å². The van der Waals surface area contributed by atoms with Crippen LogP contribution in [0.4, 0.5) is 0 Å². The van der Waals surface area contributed by atoms with E-state index in [0.717, 1.165) is 19.4 Å². The standard InChI is InChI=1S/C12H26O4S.C9H17N2/c1-2-3-4-5-6-7-8-9-10-11-12-16-17(13,14)15;1-3-4-5-6-11-8-7-10(2)9-11/h2-12H2,1H3,(H,13,14,15);7-9H,3-6H2,1-2H3/q;+1/p-1. The summed E-state index contributed by atoms with van der Waals surface area (Å²) >= 11 is 0. The molecule has 1 rings (SSSR count). The minimum absolute atomic E-state index is 0.0301. The average molecular weight is 419 g/mol. The Balaban J connectivity index is 0.000000567. The van der Waals surface area contributed by atoms with Crippen LogP contribution in [0.3, 0.4) is 0 Å². The Morgan fingerprint density at radius 2 is 1.36 bits per heavy atom. The minimum Gasteiger partial charge on any atom is -0.726 e. The molecule has 0 aromatic carbocycles. The molecule has 0 fully saturated rings. The Bertz CT molecular complexity index is 559. The molecule has 1 aromatic rings. The third-order valence-electron chi connectivity index (χ3n) is 4.57. The predicted octanol–water partition coefficient (Wildman–Crippen LogP) is 4.89. The van der Waals surface area contributed by atoms with E-state index in [1.165, 1.54) is 64.2 Å². The van der Waals surface area contributed by atoms with Gasteiger partial charge in [-0.1, -0.05) is 78.1 Å². The van der Waals surface area contributed by atoms with E-state index in [9.17, 15) is 13.0 Å². The van der Waals surface area contributed by atoms with E-state index in [-0.39, 0.29) is 6.61 Å². The van der Waals surface area contributed by atoms with Crippen LogP contribution in [0.15, 0.2) is 18.7 Å². The van der Waals surface area contributed by atoms with Gasteiger partial charge < -0.3 is 4.55 Å². The van der Waals surface area contributed by atoms with Crippen molar-refractivity contribution in [1.29, 1.82) is 0 Å². The number of imidazole rings is 1. The van der Waals surface area contributed by atoms with Gasteiger partial charge in [-0.25, -0.2) is 17.6 Å². The van der Waals surface area contributed by atoms with Crippen LogP contribution in [0.1, 0.15) is 97.3 Å². The summed E-state index contributed by atoms with van der Waals surface area (Å²) in [6.07, 6.45) is 21.9. The lowest BCUT2D eigenvalue weighted by Gasteiger charge is -2.06. The molecule has 0 saturated carbocycles. The van der Waals surface area contributed by atoms with Crippen molar-refractivity contribution in [3.63, 3.8) is 0 Å². The summed E-state index contributed by atoms with van der Waals surface area (Å²) in [5.41, 5.74) is 0. The molecule has 0 aliphatic rings. The first-order valence-corrected chi connectivity index (χ1v) is 12.3. The van der Waals surface area contributed by atoms with Crippen molar-refractivity contribution < 1.29 is 21.7 Å². The summed E-state index contributed by atoms with van der Waals surface area (Å²) in [6.45, 7) is 5.64. The highest BCUT2D eigenvalue weighted by Gasteiger charge is 1.97. The lowest BCUT2D eigenvalue weighted by atomic mass is 10.1. The Hall–Kier alpha value is -0.920. The van der Waals surface area contributed by atoms with Gasteiger partial charge in [0, 0.05) is 0 Å². The Morgan fingerprint density at radius 1 is 0.857 bits per heavy atom. The number of unbranched alkanes of at least 4 members (excludes halogenated alkanes) is 11. The van der Waals surface area contributed by atoms with Crippen LogP contribution in [-0.2, 0) is 28.2 Å². The fourth-order valence-electron chi connectivity index (χ4n) is 2.93. The maximum Gasteiger partial charge on any atom is 0.243 e. The average Bonchev–Trinajstić information content (AvgIpc) is 3.05. The van der Waals surface area contributed by atoms with Crippen molar-refractivity contribution in [2.24, 2.45) is 7.05 Å². The van der Waals surface area contributed by atoms with Gasteiger partial charge in [0.15, 0.2) is 0 Å². The van der Waals surface area contributed by atoms with Gasteiger partial charge in [-0.05, 0) is 19.3 Å². The van der Waals surface area contributed by atoms with Crippen molar-refractivity contribution in [2.75, 3.05) is 6.61 Å². The smallest absolute Gasteiger partial charge is 0.243 e. The molecule has 1 heterocycles. The van der Waals surface area contributed by atoms with Crippen LogP contribution in [-0.4, -0.2) is 24.1 Å². The largest absolute Gasteiger partial charge is 0.726 e. The molecular weight excluding hydrogens is 376 g/mol. The van der Waals surface area contributed by atoms with Crippen LogP contribution in [0.2, 0.25) is 0 Å². The monoisotopic (exact) mass is 418 g/mol. The Kier molecular flexibility index (Phi) is 17.5. The van der Waals surface area contributed by atoms with Gasteiger partial charge in [0.05, 0.1) is 20.2 Å².